The zero-order chi connectivity index (χ0) is 43.7. The summed E-state index contributed by atoms with van der Waals surface area (Å²) >= 11 is 1.59. The van der Waals surface area contributed by atoms with Crippen molar-refractivity contribution in [2.24, 2.45) is 0 Å². The molecule has 0 aliphatic heterocycles. The summed E-state index contributed by atoms with van der Waals surface area (Å²) in [5.41, 5.74) is 0. The Bertz CT molecular complexity index is 938. The summed E-state index contributed by atoms with van der Waals surface area (Å²) in [7, 11) is 0. The lowest BCUT2D eigenvalue weighted by molar-refractivity contribution is -0.165. The number of rotatable bonds is 49. The van der Waals surface area contributed by atoms with E-state index >= 15 is 0 Å². The lowest BCUT2D eigenvalue weighted by Gasteiger charge is -2.18. The van der Waals surface area contributed by atoms with E-state index in [1.165, 1.54) is 193 Å². The summed E-state index contributed by atoms with van der Waals surface area (Å²) in [6.45, 7) is 6.64. The van der Waals surface area contributed by atoms with Gasteiger partial charge < -0.3 is 14.2 Å². The molecule has 0 bridgehead atoms. The summed E-state index contributed by atoms with van der Waals surface area (Å²) in [6.07, 6.45) is 52.4. The Hall–Kier alpha value is -1.50. The Kier molecular flexibility index (Phi) is 48.9. The first-order valence-corrected chi connectivity index (χ1v) is 27.4. The molecular formula is C53H100O6S. The van der Waals surface area contributed by atoms with Crippen LogP contribution in [0, 0.1) is 0 Å². The van der Waals surface area contributed by atoms with Crippen LogP contribution in [0.25, 0.3) is 0 Å². The van der Waals surface area contributed by atoms with E-state index in [1.807, 2.05) is 0 Å². The summed E-state index contributed by atoms with van der Waals surface area (Å²) in [5.74, 6) is 0.277. The first-order valence-electron chi connectivity index (χ1n) is 26.3. The standard InChI is InChI=1S/C53H100O6S/c1-4-7-10-13-16-19-22-25-26-28-30-33-36-39-42-45-52(55)58-48-50(47-57-51(54)44-41-38-35-32-29-27-23-20-17-14-11-8-5-2)59-53(56)49-60-46-43-40-37-34-31-24-21-18-15-12-9-6-3/h25-26,50H,4-24,27-49H2,1-3H3/b26-25-. The van der Waals surface area contributed by atoms with Crippen LogP contribution in [-0.2, 0) is 28.6 Å². The molecule has 0 aromatic carbocycles. The topological polar surface area (TPSA) is 78.9 Å². The minimum Gasteiger partial charge on any atom is -0.462 e. The Morgan fingerprint density at radius 1 is 0.383 bits per heavy atom. The number of unbranched alkanes of at least 4 members (excludes halogenated alkanes) is 34. The molecule has 1 unspecified atom stereocenters. The lowest BCUT2D eigenvalue weighted by atomic mass is 10.0. The van der Waals surface area contributed by atoms with Crippen LogP contribution >= 0.6 is 11.8 Å². The maximum atomic E-state index is 12.8. The highest BCUT2D eigenvalue weighted by Gasteiger charge is 2.19. The molecule has 0 N–H and O–H groups in total. The van der Waals surface area contributed by atoms with Gasteiger partial charge in [0.25, 0.3) is 0 Å². The second-order valence-corrected chi connectivity index (χ2v) is 18.9. The lowest BCUT2D eigenvalue weighted by Crippen LogP contribution is -2.31. The van der Waals surface area contributed by atoms with Crippen molar-refractivity contribution in [3.63, 3.8) is 0 Å². The van der Waals surface area contributed by atoms with Gasteiger partial charge in [0.1, 0.15) is 13.2 Å². The minimum absolute atomic E-state index is 0.0763. The second-order valence-electron chi connectivity index (χ2n) is 17.7. The van der Waals surface area contributed by atoms with Crippen LogP contribution in [0.5, 0.6) is 0 Å². The van der Waals surface area contributed by atoms with Gasteiger partial charge in [-0.1, -0.05) is 232 Å². The quantitative estimate of drug-likeness (QED) is 0.0261. The van der Waals surface area contributed by atoms with Crippen molar-refractivity contribution in [3.05, 3.63) is 12.2 Å². The molecule has 0 heterocycles. The predicted molar refractivity (Wildman–Crippen MR) is 260 cm³/mol. The van der Waals surface area contributed by atoms with E-state index < -0.39 is 6.10 Å². The number of thioether (sulfide) groups is 1. The molecule has 0 amide bonds. The first-order chi connectivity index (χ1) is 29.5. The van der Waals surface area contributed by atoms with Crippen molar-refractivity contribution in [3.8, 4) is 0 Å². The fraction of sp³-hybridized carbons (Fsp3) is 0.906. The van der Waals surface area contributed by atoms with Crippen LogP contribution in [0.15, 0.2) is 12.2 Å². The van der Waals surface area contributed by atoms with E-state index in [1.54, 1.807) is 11.8 Å². The first kappa shape index (κ1) is 58.5. The zero-order valence-electron chi connectivity index (χ0n) is 40.2. The SMILES string of the molecule is CCCCCCCC/C=C\CCCCCCCC(=O)OCC(COC(=O)CCCCCCCCCCCCCCC)OC(=O)CSCCCCCCCCCCCCCC. The third-order valence-electron chi connectivity index (χ3n) is 11.6. The molecule has 0 fully saturated rings. The molecule has 0 spiro atoms. The number of allylic oxidation sites excluding steroid dienone is 2. The highest BCUT2D eigenvalue weighted by Crippen LogP contribution is 2.16. The molecule has 0 saturated heterocycles. The summed E-state index contributed by atoms with van der Waals surface area (Å²) in [5, 5.41) is 0. The number of hydrogen-bond donors (Lipinski definition) is 0. The molecule has 0 saturated carbocycles. The molecule has 354 valence electrons. The monoisotopic (exact) mass is 865 g/mol. The predicted octanol–water partition coefficient (Wildman–Crippen LogP) is 16.9. The van der Waals surface area contributed by atoms with Crippen LogP contribution < -0.4 is 0 Å². The van der Waals surface area contributed by atoms with Gasteiger partial charge in [-0.15, -0.1) is 0 Å². The molecule has 7 heteroatoms. The van der Waals surface area contributed by atoms with E-state index in [-0.39, 0.29) is 36.9 Å². The van der Waals surface area contributed by atoms with Gasteiger partial charge in [-0.05, 0) is 50.7 Å². The Labute approximate surface area is 377 Å². The molecule has 1 atom stereocenters. The number of carbonyl (C=O) groups is 3. The number of ether oxygens (including phenoxy) is 3. The smallest absolute Gasteiger partial charge is 0.316 e. The largest absolute Gasteiger partial charge is 0.462 e. The van der Waals surface area contributed by atoms with Crippen molar-refractivity contribution >= 4 is 29.7 Å². The summed E-state index contributed by atoms with van der Waals surface area (Å²) < 4.78 is 16.8. The fourth-order valence-electron chi connectivity index (χ4n) is 7.68. The average Bonchev–Trinajstić information content (AvgIpc) is 3.24. The van der Waals surface area contributed by atoms with Crippen LogP contribution in [0.4, 0.5) is 0 Å². The number of esters is 3. The highest BCUT2D eigenvalue weighted by molar-refractivity contribution is 7.99. The molecular weight excluding hydrogens is 765 g/mol. The molecule has 60 heavy (non-hydrogen) atoms. The van der Waals surface area contributed by atoms with E-state index in [2.05, 4.69) is 32.9 Å². The van der Waals surface area contributed by atoms with Gasteiger partial charge >= 0.3 is 17.9 Å². The number of carbonyl (C=O) groups excluding carboxylic acids is 3. The van der Waals surface area contributed by atoms with Crippen molar-refractivity contribution in [2.75, 3.05) is 24.7 Å². The van der Waals surface area contributed by atoms with Crippen molar-refractivity contribution < 1.29 is 28.6 Å². The molecule has 0 radical (unpaired) electrons. The second kappa shape index (κ2) is 50.1. The fourth-order valence-corrected chi connectivity index (χ4v) is 8.47. The van der Waals surface area contributed by atoms with Gasteiger partial charge in [-0.2, -0.15) is 11.8 Å². The van der Waals surface area contributed by atoms with Crippen molar-refractivity contribution in [1.29, 1.82) is 0 Å². The maximum absolute atomic E-state index is 12.8. The molecule has 0 aliphatic rings. The van der Waals surface area contributed by atoms with Crippen LogP contribution in [0.3, 0.4) is 0 Å². The maximum Gasteiger partial charge on any atom is 0.316 e. The minimum atomic E-state index is -0.779. The van der Waals surface area contributed by atoms with E-state index in [9.17, 15) is 14.4 Å². The van der Waals surface area contributed by atoms with Crippen LogP contribution in [0.1, 0.15) is 278 Å². The average molecular weight is 865 g/mol. The molecule has 6 nitrogen and oxygen atoms in total. The normalized spacial score (nSPS) is 12.0. The summed E-state index contributed by atoms with van der Waals surface area (Å²) in [6, 6.07) is 0. The number of hydrogen-bond acceptors (Lipinski definition) is 7. The van der Waals surface area contributed by atoms with Crippen molar-refractivity contribution in [2.45, 2.75) is 284 Å². The van der Waals surface area contributed by atoms with Crippen LogP contribution in [-0.4, -0.2) is 48.7 Å². The Balaban J connectivity index is 4.33. The van der Waals surface area contributed by atoms with Crippen molar-refractivity contribution in [1.82, 2.24) is 0 Å². The van der Waals surface area contributed by atoms with E-state index in [0.29, 0.717) is 12.8 Å². The van der Waals surface area contributed by atoms with Gasteiger partial charge in [0.2, 0.25) is 0 Å². The third kappa shape index (κ3) is 47.5. The van der Waals surface area contributed by atoms with Gasteiger partial charge in [-0.25, -0.2) is 0 Å². The Morgan fingerprint density at radius 3 is 1.03 bits per heavy atom. The van der Waals surface area contributed by atoms with E-state index in [0.717, 1.165) is 57.1 Å². The van der Waals surface area contributed by atoms with Gasteiger partial charge in [0.05, 0.1) is 5.75 Å². The van der Waals surface area contributed by atoms with E-state index in [4.69, 9.17) is 14.2 Å². The highest BCUT2D eigenvalue weighted by atomic mass is 32.2. The summed E-state index contributed by atoms with van der Waals surface area (Å²) in [4.78, 5) is 37.9. The Morgan fingerprint density at radius 2 is 0.683 bits per heavy atom. The van der Waals surface area contributed by atoms with Crippen LogP contribution in [0.2, 0.25) is 0 Å². The van der Waals surface area contributed by atoms with Gasteiger partial charge in [-0.3, -0.25) is 14.4 Å². The molecule has 0 aromatic heterocycles. The van der Waals surface area contributed by atoms with Gasteiger partial charge in [0.15, 0.2) is 6.10 Å². The molecule has 0 rings (SSSR count). The third-order valence-corrected chi connectivity index (χ3v) is 12.7. The van der Waals surface area contributed by atoms with Gasteiger partial charge in [0, 0.05) is 12.8 Å². The molecule has 0 aromatic rings. The molecule has 0 aliphatic carbocycles. The zero-order valence-corrected chi connectivity index (χ0v) is 41.0.